The molecule has 0 radical (unpaired) electrons. The number of carbonyl (C=O) groups excluding carboxylic acids is 1. The molecular weight excluding hydrogens is 592 g/mol. The molecule has 42 heavy (non-hydrogen) atoms. The molecule has 0 saturated carbocycles. The number of aromatic nitrogens is 1. The molecule has 0 bridgehead atoms. The zero-order valence-electron chi connectivity index (χ0n) is 23.5. The third-order valence-electron chi connectivity index (χ3n) is 6.74. The van der Waals surface area contributed by atoms with Crippen LogP contribution in [0.5, 0.6) is 11.5 Å². The number of hydrogen-bond acceptors (Lipinski definition) is 8. The minimum absolute atomic E-state index is 0.222. The van der Waals surface area contributed by atoms with Gasteiger partial charge in [-0.05, 0) is 79.3 Å². The zero-order chi connectivity index (χ0) is 29.8. The van der Waals surface area contributed by atoms with Crippen LogP contribution in [0.4, 0.5) is 0 Å². The second-order valence-electron chi connectivity index (χ2n) is 9.40. The summed E-state index contributed by atoms with van der Waals surface area (Å²) in [6, 6.07) is 20.1. The molecule has 0 amide bonds. The van der Waals surface area contributed by atoms with E-state index in [0.29, 0.717) is 43.7 Å². The number of rotatable bonds is 9. The van der Waals surface area contributed by atoms with Crippen LogP contribution in [0, 0.1) is 0 Å². The summed E-state index contributed by atoms with van der Waals surface area (Å²) in [6.07, 6.45) is 3.80. The molecule has 1 aliphatic rings. The number of ether oxygens (including phenoxy) is 3. The van der Waals surface area contributed by atoms with Crippen molar-refractivity contribution in [2.24, 2.45) is 4.99 Å². The van der Waals surface area contributed by atoms with Crippen LogP contribution < -0.4 is 24.4 Å². The van der Waals surface area contributed by atoms with E-state index in [9.17, 15) is 9.59 Å². The van der Waals surface area contributed by atoms with Crippen LogP contribution in [-0.2, 0) is 16.1 Å². The van der Waals surface area contributed by atoms with Gasteiger partial charge in [-0.25, -0.2) is 9.79 Å². The van der Waals surface area contributed by atoms with Crippen LogP contribution in [-0.4, -0.2) is 30.5 Å². The number of carbonyl (C=O) groups is 1. The molecule has 216 valence electrons. The van der Waals surface area contributed by atoms with E-state index in [0.717, 1.165) is 21.6 Å². The summed E-state index contributed by atoms with van der Waals surface area (Å²) in [5, 5.41) is 0.665. The fourth-order valence-corrected chi connectivity index (χ4v) is 6.26. The highest BCUT2D eigenvalue weighted by Gasteiger charge is 2.33. The maximum absolute atomic E-state index is 13.9. The van der Waals surface area contributed by atoms with Gasteiger partial charge in [0.25, 0.3) is 5.56 Å². The van der Waals surface area contributed by atoms with Crippen molar-refractivity contribution in [3.05, 3.63) is 119 Å². The maximum atomic E-state index is 13.9. The topological polar surface area (TPSA) is 79.1 Å². The second kappa shape index (κ2) is 13.0. The van der Waals surface area contributed by atoms with Crippen molar-refractivity contribution >= 4 is 46.7 Å². The van der Waals surface area contributed by atoms with E-state index in [1.54, 1.807) is 43.4 Å². The Hall–Kier alpha value is -3.79. The predicted octanol–water partition coefficient (Wildman–Crippen LogP) is 5.76. The van der Waals surface area contributed by atoms with E-state index >= 15 is 0 Å². The van der Waals surface area contributed by atoms with Crippen molar-refractivity contribution < 1.29 is 19.0 Å². The number of thioether (sulfide) groups is 1. The SMILES string of the molecule is CCOC(=O)C1=C(C)N=c2s/c(=C/c3ccc(OCc4ccc(Cl)cc4)c(OC)c3)c(=O)n2[C@@H]1c1ccc(SC)cc1. The monoisotopic (exact) mass is 620 g/mol. The highest BCUT2D eigenvalue weighted by atomic mass is 35.5. The van der Waals surface area contributed by atoms with Crippen LogP contribution >= 0.6 is 34.7 Å². The summed E-state index contributed by atoms with van der Waals surface area (Å²) in [5.74, 6) is 0.637. The highest BCUT2D eigenvalue weighted by molar-refractivity contribution is 7.98. The fraction of sp³-hybridized carbons (Fsp3) is 0.219. The lowest BCUT2D eigenvalue weighted by Gasteiger charge is -2.24. The second-order valence-corrected chi connectivity index (χ2v) is 11.7. The Balaban J connectivity index is 1.53. The number of thiazole rings is 1. The Morgan fingerprint density at radius 3 is 2.50 bits per heavy atom. The Morgan fingerprint density at radius 2 is 1.83 bits per heavy atom. The van der Waals surface area contributed by atoms with Crippen molar-refractivity contribution in [3.63, 3.8) is 0 Å². The first-order chi connectivity index (χ1) is 20.3. The Kier molecular flexibility index (Phi) is 9.21. The molecule has 4 aromatic rings. The van der Waals surface area contributed by atoms with Gasteiger partial charge in [-0.15, -0.1) is 11.8 Å². The van der Waals surface area contributed by atoms with Crippen LogP contribution in [0.15, 0.2) is 92.7 Å². The Bertz CT molecular complexity index is 1830. The summed E-state index contributed by atoms with van der Waals surface area (Å²) in [6.45, 7) is 4.11. The molecule has 0 N–H and O–H groups in total. The average molecular weight is 621 g/mol. The summed E-state index contributed by atoms with van der Waals surface area (Å²) >= 11 is 8.88. The molecule has 5 rings (SSSR count). The van der Waals surface area contributed by atoms with Crippen molar-refractivity contribution in [1.82, 2.24) is 4.57 Å². The lowest BCUT2D eigenvalue weighted by Crippen LogP contribution is -2.39. The number of allylic oxidation sites excluding steroid dienone is 1. The zero-order valence-corrected chi connectivity index (χ0v) is 25.9. The Morgan fingerprint density at radius 1 is 1.10 bits per heavy atom. The molecule has 7 nitrogen and oxygen atoms in total. The number of halogens is 1. The third-order valence-corrected chi connectivity index (χ3v) is 8.72. The molecule has 2 heterocycles. The molecule has 0 saturated heterocycles. The van der Waals surface area contributed by atoms with Gasteiger partial charge in [0.05, 0.1) is 35.6 Å². The largest absolute Gasteiger partial charge is 0.493 e. The smallest absolute Gasteiger partial charge is 0.338 e. The number of nitrogens with zero attached hydrogens (tertiary/aromatic N) is 2. The van der Waals surface area contributed by atoms with Crippen molar-refractivity contribution in [3.8, 4) is 11.5 Å². The normalized spacial score (nSPS) is 14.8. The van der Waals surface area contributed by atoms with Crippen LogP contribution in [0.3, 0.4) is 0 Å². The fourth-order valence-electron chi connectivity index (χ4n) is 4.68. The molecule has 0 aliphatic carbocycles. The van der Waals surface area contributed by atoms with Gasteiger partial charge >= 0.3 is 5.97 Å². The molecule has 0 spiro atoms. The quantitative estimate of drug-likeness (QED) is 0.175. The van der Waals surface area contributed by atoms with E-state index < -0.39 is 12.0 Å². The van der Waals surface area contributed by atoms with Crippen molar-refractivity contribution in [1.29, 1.82) is 0 Å². The van der Waals surface area contributed by atoms with Gasteiger partial charge in [-0.1, -0.05) is 53.3 Å². The molecule has 1 atom stereocenters. The average Bonchev–Trinajstić information content (AvgIpc) is 3.30. The number of benzene rings is 3. The molecule has 0 fully saturated rings. The number of methoxy groups -OCH3 is 1. The lowest BCUT2D eigenvalue weighted by atomic mass is 9.96. The molecule has 1 aliphatic heterocycles. The first-order valence-electron chi connectivity index (χ1n) is 13.2. The van der Waals surface area contributed by atoms with Gasteiger partial charge in [0.1, 0.15) is 6.61 Å². The van der Waals surface area contributed by atoms with Crippen LogP contribution in [0.25, 0.3) is 6.08 Å². The van der Waals surface area contributed by atoms with E-state index in [2.05, 4.69) is 4.99 Å². The minimum atomic E-state index is -0.656. The highest BCUT2D eigenvalue weighted by Crippen LogP contribution is 2.32. The first kappa shape index (κ1) is 29.7. The Labute approximate surface area is 256 Å². The summed E-state index contributed by atoms with van der Waals surface area (Å²) < 4.78 is 19.0. The van der Waals surface area contributed by atoms with Crippen LogP contribution in [0.2, 0.25) is 5.02 Å². The van der Waals surface area contributed by atoms with Gasteiger partial charge in [0.15, 0.2) is 16.3 Å². The van der Waals surface area contributed by atoms with Gasteiger partial charge in [0, 0.05) is 9.92 Å². The van der Waals surface area contributed by atoms with Gasteiger partial charge in [-0.2, -0.15) is 0 Å². The van der Waals surface area contributed by atoms with E-state index in [-0.39, 0.29) is 12.2 Å². The van der Waals surface area contributed by atoms with Gasteiger partial charge < -0.3 is 14.2 Å². The standard InChI is InChI=1S/C32H29ClN2O5S2/c1-5-39-31(37)28-19(2)34-32-35(29(28)22-9-13-24(41-4)14-10-22)30(36)27(42-32)17-21-8-15-25(26(16-21)38-3)40-18-20-6-11-23(33)12-7-20/h6-17,29H,5,18H2,1-4H3/b27-17+/t29-/m1/s1. The number of hydrogen-bond donors (Lipinski definition) is 0. The van der Waals surface area contributed by atoms with E-state index in [4.69, 9.17) is 25.8 Å². The third kappa shape index (κ3) is 6.18. The first-order valence-corrected chi connectivity index (χ1v) is 15.6. The lowest BCUT2D eigenvalue weighted by molar-refractivity contribution is -0.139. The molecular formula is C32H29ClN2O5S2. The van der Waals surface area contributed by atoms with Gasteiger partial charge in [0.2, 0.25) is 0 Å². The summed E-state index contributed by atoms with van der Waals surface area (Å²) in [5.41, 5.74) is 3.19. The van der Waals surface area contributed by atoms with E-state index in [1.165, 1.54) is 11.3 Å². The van der Waals surface area contributed by atoms with Gasteiger partial charge in [-0.3, -0.25) is 9.36 Å². The summed E-state index contributed by atoms with van der Waals surface area (Å²) in [7, 11) is 1.57. The molecule has 0 unspecified atom stereocenters. The molecule has 1 aromatic heterocycles. The predicted molar refractivity (Wildman–Crippen MR) is 167 cm³/mol. The van der Waals surface area contributed by atoms with E-state index in [1.807, 2.05) is 73.0 Å². The number of fused-ring (bicyclic) bond motifs is 1. The minimum Gasteiger partial charge on any atom is -0.493 e. The van der Waals surface area contributed by atoms with Crippen LogP contribution in [0.1, 0.15) is 36.6 Å². The molecule has 10 heteroatoms. The van der Waals surface area contributed by atoms with Crippen molar-refractivity contribution in [2.45, 2.75) is 31.4 Å². The molecule has 3 aromatic carbocycles. The number of esters is 1. The maximum Gasteiger partial charge on any atom is 0.338 e. The van der Waals surface area contributed by atoms with Crippen molar-refractivity contribution in [2.75, 3.05) is 20.0 Å². The summed E-state index contributed by atoms with van der Waals surface area (Å²) in [4.78, 5) is 33.3.